The lowest BCUT2D eigenvalue weighted by molar-refractivity contribution is -0.197. The number of hydrogen-bond donors (Lipinski definition) is 4. The molecule has 11 nitrogen and oxygen atoms in total. The molecule has 4 aliphatic carbocycles. The zero-order valence-corrected chi connectivity index (χ0v) is 23.2. The van der Waals surface area contributed by atoms with Gasteiger partial charge in [0.2, 0.25) is 0 Å². The Bertz CT molecular complexity index is 1090. The number of rotatable bonds is 8. The number of carboxylic acid groups (broad SMARTS) is 1. The molecule has 4 saturated carbocycles. The van der Waals surface area contributed by atoms with Crippen LogP contribution in [0.15, 0.2) is 0 Å². The standard InChI is InChI=1S/C24H40O11S2/c1-13(4-7-21(26)27)16-5-6-17-22-18(12-20(24(16,17)3)35-37(31,32)33)23(2)9-8-15(25)10-14(23)11-19(22)34-36(28,29)30/h13-20,22,25H,4-12H2,1-3H3,(H,26,27)(H,28,29,30)(H,31,32,33)/t13-,14+,15-,16-,17+,18+,19-,20+,22+,23+,24-/m1/s1. The van der Waals surface area contributed by atoms with E-state index in [-0.39, 0.29) is 53.8 Å². The van der Waals surface area contributed by atoms with Gasteiger partial charge in [-0.05, 0) is 92.3 Å². The van der Waals surface area contributed by atoms with Crippen LogP contribution in [0.4, 0.5) is 0 Å². The first-order valence-electron chi connectivity index (χ1n) is 13.2. The number of carboxylic acids is 1. The highest BCUT2D eigenvalue weighted by atomic mass is 32.3. The summed E-state index contributed by atoms with van der Waals surface area (Å²) >= 11 is 0. The van der Waals surface area contributed by atoms with Gasteiger partial charge >= 0.3 is 26.8 Å². The van der Waals surface area contributed by atoms with Crippen molar-refractivity contribution in [1.29, 1.82) is 0 Å². The van der Waals surface area contributed by atoms with E-state index in [1.165, 1.54) is 0 Å². The van der Waals surface area contributed by atoms with Crippen molar-refractivity contribution in [2.75, 3.05) is 0 Å². The van der Waals surface area contributed by atoms with Gasteiger partial charge in [-0.1, -0.05) is 20.8 Å². The zero-order chi connectivity index (χ0) is 27.6. The van der Waals surface area contributed by atoms with Crippen LogP contribution >= 0.6 is 0 Å². The number of hydrogen-bond acceptors (Lipinski definition) is 8. The van der Waals surface area contributed by atoms with Gasteiger partial charge in [0, 0.05) is 11.8 Å². The van der Waals surface area contributed by atoms with Crippen molar-refractivity contribution in [1.82, 2.24) is 0 Å². The molecule has 0 saturated heterocycles. The molecule has 0 spiro atoms. The van der Waals surface area contributed by atoms with Crippen molar-refractivity contribution >= 4 is 26.8 Å². The van der Waals surface area contributed by atoms with E-state index in [0.717, 1.165) is 0 Å². The molecule has 4 fully saturated rings. The topological polar surface area (TPSA) is 185 Å². The monoisotopic (exact) mass is 568 g/mol. The summed E-state index contributed by atoms with van der Waals surface area (Å²) in [5, 5.41) is 19.6. The van der Waals surface area contributed by atoms with E-state index in [1.54, 1.807) is 0 Å². The molecule has 4 aliphatic rings. The molecule has 214 valence electrons. The molecule has 11 atom stereocenters. The Morgan fingerprint density at radius 1 is 0.973 bits per heavy atom. The van der Waals surface area contributed by atoms with E-state index in [4.69, 9.17) is 8.37 Å². The highest BCUT2D eigenvalue weighted by Gasteiger charge is 2.67. The van der Waals surface area contributed by atoms with E-state index in [2.05, 4.69) is 6.92 Å². The van der Waals surface area contributed by atoms with Gasteiger partial charge < -0.3 is 10.2 Å². The summed E-state index contributed by atoms with van der Waals surface area (Å²) in [7, 11) is -9.59. The Labute approximate surface area is 219 Å². The van der Waals surface area contributed by atoms with Gasteiger partial charge in [-0.2, -0.15) is 16.8 Å². The summed E-state index contributed by atoms with van der Waals surface area (Å²) in [5.41, 5.74) is -1.16. The van der Waals surface area contributed by atoms with Crippen LogP contribution in [0.1, 0.15) is 78.6 Å². The minimum Gasteiger partial charge on any atom is -0.481 e. The van der Waals surface area contributed by atoms with Crippen molar-refractivity contribution in [3.8, 4) is 0 Å². The molecule has 0 unspecified atom stereocenters. The Balaban J connectivity index is 1.79. The lowest BCUT2D eigenvalue weighted by atomic mass is 9.43. The number of aliphatic hydroxyl groups is 1. The first kappa shape index (κ1) is 29.2. The summed E-state index contributed by atoms with van der Waals surface area (Å²) < 4.78 is 78.0. The Hall–Kier alpha value is -0.830. The fourth-order valence-corrected chi connectivity index (χ4v) is 10.3. The fourth-order valence-electron chi connectivity index (χ4n) is 9.18. The smallest absolute Gasteiger partial charge is 0.397 e. The van der Waals surface area contributed by atoms with Crippen molar-refractivity contribution in [2.24, 2.45) is 46.3 Å². The minimum atomic E-state index is -4.81. The highest BCUT2D eigenvalue weighted by molar-refractivity contribution is 7.81. The number of fused-ring (bicyclic) bond motifs is 5. The molecular formula is C24H40O11S2. The molecule has 0 aromatic rings. The summed E-state index contributed by atoms with van der Waals surface area (Å²) in [6, 6.07) is 0. The second-order valence-corrected chi connectivity index (χ2v) is 14.5. The Morgan fingerprint density at radius 3 is 2.22 bits per heavy atom. The summed E-state index contributed by atoms with van der Waals surface area (Å²) in [6.07, 6.45) is 1.60. The predicted octanol–water partition coefficient (Wildman–Crippen LogP) is 3.10. The molecule has 4 rings (SSSR count). The third kappa shape index (κ3) is 5.59. The molecule has 0 aromatic carbocycles. The van der Waals surface area contributed by atoms with E-state index in [1.807, 2.05) is 13.8 Å². The van der Waals surface area contributed by atoms with Crippen LogP contribution < -0.4 is 0 Å². The molecule has 0 bridgehead atoms. The second-order valence-electron chi connectivity index (χ2n) is 12.4. The van der Waals surface area contributed by atoms with Gasteiger partial charge in [-0.3, -0.25) is 13.9 Å². The summed E-state index contributed by atoms with van der Waals surface area (Å²) in [4.78, 5) is 11.2. The van der Waals surface area contributed by atoms with Crippen LogP contribution in [0.5, 0.6) is 0 Å². The maximum Gasteiger partial charge on any atom is 0.397 e. The van der Waals surface area contributed by atoms with Gasteiger partial charge in [-0.25, -0.2) is 8.37 Å². The Morgan fingerprint density at radius 2 is 1.62 bits per heavy atom. The first-order chi connectivity index (χ1) is 17.0. The van der Waals surface area contributed by atoms with Crippen molar-refractivity contribution in [3.05, 3.63) is 0 Å². The molecule has 13 heteroatoms. The maximum atomic E-state index is 12.0. The highest BCUT2D eigenvalue weighted by Crippen LogP contribution is 2.69. The molecule has 0 amide bonds. The molecule has 0 radical (unpaired) electrons. The normalized spacial score (nSPS) is 44.9. The van der Waals surface area contributed by atoms with Crippen LogP contribution in [0, 0.1) is 46.3 Å². The Kier molecular flexibility index (Phi) is 7.86. The van der Waals surface area contributed by atoms with Gasteiger partial charge in [0.15, 0.2) is 0 Å². The van der Waals surface area contributed by atoms with Crippen LogP contribution in [0.25, 0.3) is 0 Å². The third-order valence-electron chi connectivity index (χ3n) is 10.8. The number of aliphatic hydroxyl groups excluding tert-OH is 1. The average molecular weight is 569 g/mol. The second kappa shape index (κ2) is 9.97. The van der Waals surface area contributed by atoms with Crippen molar-refractivity contribution < 1.29 is 49.3 Å². The molecule has 0 aromatic heterocycles. The fraction of sp³-hybridized carbons (Fsp3) is 0.958. The minimum absolute atomic E-state index is 0.0368. The van der Waals surface area contributed by atoms with E-state index in [0.29, 0.717) is 44.9 Å². The van der Waals surface area contributed by atoms with E-state index >= 15 is 0 Å². The molecule has 4 N–H and O–H groups in total. The lowest BCUT2D eigenvalue weighted by Crippen LogP contribution is -2.63. The van der Waals surface area contributed by atoms with Crippen LogP contribution in [0.3, 0.4) is 0 Å². The number of aliphatic carboxylic acids is 1. The molecular weight excluding hydrogens is 528 g/mol. The lowest BCUT2D eigenvalue weighted by Gasteiger charge is -2.64. The molecule has 0 aliphatic heterocycles. The van der Waals surface area contributed by atoms with Crippen LogP contribution in [-0.2, 0) is 34.0 Å². The average Bonchev–Trinajstić information content (AvgIpc) is 3.10. The predicted molar refractivity (Wildman–Crippen MR) is 131 cm³/mol. The maximum absolute atomic E-state index is 12.0. The third-order valence-corrected chi connectivity index (χ3v) is 11.7. The SMILES string of the molecule is C[C@H](CCC(=O)O)[C@H]1CC[C@H]2[C@@H]3[C@H](OS(=O)(=O)O)C[C@@H]4C[C@H](O)CC[C@]4(C)[C@H]3C[C@H](OS(=O)(=O)O)[C@]12C. The van der Waals surface area contributed by atoms with Crippen molar-refractivity contribution in [2.45, 2.75) is 96.9 Å². The largest absolute Gasteiger partial charge is 0.481 e. The van der Waals surface area contributed by atoms with Crippen LogP contribution in [-0.4, -0.2) is 60.4 Å². The quantitative estimate of drug-likeness (QED) is 0.315. The molecule has 0 heterocycles. The van der Waals surface area contributed by atoms with E-state index in [9.17, 15) is 40.9 Å². The van der Waals surface area contributed by atoms with Gasteiger partial charge in [0.25, 0.3) is 0 Å². The first-order valence-corrected chi connectivity index (χ1v) is 15.9. The van der Waals surface area contributed by atoms with Gasteiger partial charge in [0.1, 0.15) is 0 Å². The molecule has 37 heavy (non-hydrogen) atoms. The van der Waals surface area contributed by atoms with E-state index < -0.39 is 50.5 Å². The number of carbonyl (C=O) groups is 1. The van der Waals surface area contributed by atoms with Gasteiger partial charge in [0.05, 0.1) is 18.3 Å². The summed E-state index contributed by atoms with van der Waals surface area (Å²) in [6.45, 7) is 5.94. The van der Waals surface area contributed by atoms with Gasteiger partial charge in [-0.15, -0.1) is 0 Å². The van der Waals surface area contributed by atoms with Crippen molar-refractivity contribution in [3.63, 3.8) is 0 Å². The summed E-state index contributed by atoms with van der Waals surface area (Å²) in [5.74, 6) is -2.06. The zero-order valence-electron chi connectivity index (χ0n) is 21.5. The van der Waals surface area contributed by atoms with Crippen LogP contribution in [0.2, 0.25) is 0 Å².